The maximum absolute atomic E-state index is 11.1. The molecule has 4 heteroatoms. The molecule has 0 unspecified atom stereocenters. The Labute approximate surface area is 175 Å². The summed E-state index contributed by atoms with van der Waals surface area (Å²) in [5.41, 5.74) is 5.81. The van der Waals surface area contributed by atoms with E-state index < -0.39 is 17.7 Å². The van der Waals surface area contributed by atoms with Gasteiger partial charge < -0.3 is 9.47 Å². The monoisotopic (exact) mass is 400 g/mol. The highest BCUT2D eigenvalue weighted by Crippen LogP contribution is 2.38. The molecule has 1 aliphatic heterocycles. The van der Waals surface area contributed by atoms with Crippen molar-refractivity contribution in [1.82, 2.24) is 0 Å². The summed E-state index contributed by atoms with van der Waals surface area (Å²) in [6, 6.07) is 4.80. The lowest BCUT2D eigenvalue weighted by atomic mass is 9.85. The molecule has 1 aromatic rings. The zero-order valence-electron chi connectivity index (χ0n) is 19.1. The van der Waals surface area contributed by atoms with Gasteiger partial charge in [-0.3, -0.25) is 0 Å². The van der Waals surface area contributed by atoms with Gasteiger partial charge in [-0.15, -0.1) is 0 Å². The van der Waals surface area contributed by atoms with Crippen LogP contribution in [0.2, 0.25) is 0 Å². The van der Waals surface area contributed by atoms with E-state index in [9.17, 15) is 9.59 Å². The van der Waals surface area contributed by atoms with E-state index in [0.29, 0.717) is 30.6 Å². The van der Waals surface area contributed by atoms with Crippen LogP contribution in [-0.2, 0) is 19.1 Å². The van der Waals surface area contributed by atoms with Crippen molar-refractivity contribution in [2.24, 2.45) is 0 Å². The van der Waals surface area contributed by atoms with Gasteiger partial charge in [-0.05, 0) is 59.8 Å². The largest absolute Gasteiger partial charge is 0.419 e. The molecule has 0 amide bonds. The fourth-order valence-electron chi connectivity index (χ4n) is 4.00. The first-order valence-electron chi connectivity index (χ1n) is 10.8. The van der Waals surface area contributed by atoms with Crippen molar-refractivity contribution >= 4 is 11.9 Å². The van der Waals surface area contributed by atoms with E-state index in [-0.39, 0.29) is 5.57 Å². The van der Waals surface area contributed by atoms with Gasteiger partial charge in [0.2, 0.25) is 0 Å². The first-order valence-corrected chi connectivity index (χ1v) is 10.8. The molecular weight excluding hydrogens is 364 g/mol. The molecule has 1 spiro atoms. The molecule has 3 rings (SSSR count). The zero-order chi connectivity index (χ0) is 21.9. The normalized spacial score (nSPS) is 18.2. The summed E-state index contributed by atoms with van der Waals surface area (Å²) in [5.74, 6) is -0.380. The summed E-state index contributed by atoms with van der Waals surface area (Å²) in [6.45, 7) is 19.3. The number of esters is 2. The van der Waals surface area contributed by atoms with Crippen molar-refractivity contribution in [1.29, 1.82) is 0 Å². The van der Waals surface area contributed by atoms with Gasteiger partial charge in [-0.2, -0.15) is 0 Å². The minimum atomic E-state index is -0.963. The molecule has 0 aromatic heterocycles. The summed E-state index contributed by atoms with van der Waals surface area (Å²) >= 11 is 0. The van der Waals surface area contributed by atoms with Gasteiger partial charge in [0.05, 0.1) is 0 Å². The molecule has 160 valence electrons. The van der Waals surface area contributed by atoms with E-state index in [0.717, 1.165) is 12.8 Å². The van der Waals surface area contributed by atoms with E-state index in [2.05, 4.69) is 67.2 Å². The summed E-state index contributed by atoms with van der Waals surface area (Å²) in [6.07, 6.45) is 3.07. The predicted octanol–water partition coefficient (Wildman–Crippen LogP) is 6.28. The van der Waals surface area contributed by atoms with Crippen LogP contribution in [0, 0.1) is 6.92 Å². The van der Waals surface area contributed by atoms with Crippen molar-refractivity contribution in [2.45, 2.75) is 97.7 Å². The number of benzene rings is 1. The molecule has 29 heavy (non-hydrogen) atoms. The first kappa shape index (κ1) is 23.2. The highest BCUT2D eigenvalue weighted by atomic mass is 16.7. The highest BCUT2D eigenvalue weighted by Gasteiger charge is 2.47. The second kappa shape index (κ2) is 9.15. The maximum atomic E-state index is 11.1. The van der Waals surface area contributed by atoms with Gasteiger partial charge in [0.15, 0.2) is 0 Å². The van der Waals surface area contributed by atoms with Crippen LogP contribution in [0.5, 0.6) is 0 Å². The Morgan fingerprint density at radius 1 is 0.828 bits per heavy atom. The van der Waals surface area contributed by atoms with Gasteiger partial charge in [0.1, 0.15) is 5.57 Å². The van der Waals surface area contributed by atoms with Crippen LogP contribution in [0.25, 0.3) is 0 Å². The molecule has 1 saturated carbocycles. The summed E-state index contributed by atoms with van der Waals surface area (Å²) < 4.78 is 10.1. The first-order chi connectivity index (χ1) is 13.5. The average molecular weight is 401 g/mol. The second-order valence-corrected chi connectivity index (χ2v) is 9.16. The Morgan fingerprint density at radius 3 is 1.59 bits per heavy atom. The fourth-order valence-corrected chi connectivity index (χ4v) is 4.00. The number of ether oxygens (including phenoxy) is 2. The lowest BCUT2D eigenvalue weighted by molar-refractivity contribution is -0.232. The van der Waals surface area contributed by atoms with Crippen molar-refractivity contribution < 1.29 is 19.1 Å². The molecule has 0 atom stereocenters. The van der Waals surface area contributed by atoms with Gasteiger partial charge in [-0.25, -0.2) is 9.59 Å². The predicted molar refractivity (Wildman–Crippen MR) is 116 cm³/mol. The molecule has 1 aromatic carbocycles. The third-order valence-electron chi connectivity index (χ3n) is 5.84. The average Bonchev–Trinajstić information content (AvgIpc) is 3.07. The smallest absolute Gasteiger partial charge is 0.348 e. The number of hydrogen-bond acceptors (Lipinski definition) is 4. The molecule has 2 fully saturated rings. The molecule has 0 bridgehead atoms. The van der Waals surface area contributed by atoms with E-state index in [1.54, 1.807) is 0 Å². The summed E-state index contributed by atoms with van der Waals surface area (Å²) in [7, 11) is 0. The molecule has 2 aliphatic rings. The van der Waals surface area contributed by atoms with Gasteiger partial charge in [0.25, 0.3) is 5.79 Å². The number of carbonyl (C=O) groups is 2. The molecule has 1 heterocycles. The minimum Gasteiger partial charge on any atom is -0.419 e. The number of rotatable bonds is 3. The van der Waals surface area contributed by atoms with E-state index >= 15 is 0 Å². The van der Waals surface area contributed by atoms with Crippen molar-refractivity contribution in [3.63, 3.8) is 0 Å². The topological polar surface area (TPSA) is 52.6 Å². The maximum Gasteiger partial charge on any atom is 0.348 e. The van der Waals surface area contributed by atoms with Gasteiger partial charge in [0, 0.05) is 12.8 Å². The van der Waals surface area contributed by atoms with Crippen LogP contribution in [0.1, 0.15) is 107 Å². The highest BCUT2D eigenvalue weighted by molar-refractivity contribution is 6.14. The number of carbonyl (C=O) groups excluding carboxylic acids is 2. The Balaban J connectivity index is 0.000000211. The van der Waals surface area contributed by atoms with Crippen molar-refractivity contribution in [2.75, 3.05) is 0 Å². The quantitative estimate of drug-likeness (QED) is 0.340. The summed E-state index contributed by atoms with van der Waals surface area (Å²) in [4.78, 5) is 22.3. The SMILES string of the molecule is C=C1C(=O)OC2(CCCC2)OC1=O.Cc1c(C(C)C)cc(C(C)C)cc1C(C)C. The van der Waals surface area contributed by atoms with Crippen LogP contribution in [-0.4, -0.2) is 17.7 Å². The van der Waals surface area contributed by atoms with E-state index in [1.165, 1.54) is 22.3 Å². The Bertz CT molecular complexity index is 729. The Hall–Kier alpha value is -2.10. The fraction of sp³-hybridized carbons (Fsp3) is 0.600. The number of hydrogen-bond donors (Lipinski definition) is 0. The molecule has 4 nitrogen and oxygen atoms in total. The molecular formula is C25H36O4. The van der Waals surface area contributed by atoms with E-state index in [4.69, 9.17) is 9.47 Å². The third-order valence-corrected chi connectivity index (χ3v) is 5.84. The standard InChI is InChI=1S/C16H26.C9H10O4/c1-10(2)14-8-15(11(3)4)13(7)16(9-14)12(5)6;1-6-7(10)12-9(13-8(6)11)4-2-3-5-9/h8-12H,1-7H3;1-5H2. The Kier molecular flexibility index (Phi) is 7.31. The van der Waals surface area contributed by atoms with Crippen molar-refractivity contribution in [3.05, 3.63) is 46.5 Å². The molecule has 1 saturated heterocycles. The van der Waals surface area contributed by atoms with Crippen LogP contribution in [0.3, 0.4) is 0 Å². The zero-order valence-corrected chi connectivity index (χ0v) is 19.1. The third kappa shape index (κ3) is 5.29. The van der Waals surface area contributed by atoms with Crippen LogP contribution >= 0.6 is 0 Å². The molecule has 0 N–H and O–H groups in total. The lowest BCUT2D eigenvalue weighted by Gasteiger charge is -2.32. The Morgan fingerprint density at radius 2 is 1.24 bits per heavy atom. The van der Waals surface area contributed by atoms with Crippen LogP contribution in [0.15, 0.2) is 24.3 Å². The van der Waals surface area contributed by atoms with Gasteiger partial charge >= 0.3 is 11.9 Å². The lowest BCUT2D eigenvalue weighted by Crippen LogP contribution is -2.44. The minimum absolute atomic E-state index is 0.211. The van der Waals surface area contributed by atoms with E-state index in [1.807, 2.05) is 0 Å². The van der Waals surface area contributed by atoms with Crippen molar-refractivity contribution in [3.8, 4) is 0 Å². The summed E-state index contributed by atoms with van der Waals surface area (Å²) in [5, 5.41) is 0. The second-order valence-electron chi connectivity index (χ2n) is 9.16. The van der Waals surface area contributed by atoms with Crippen LogP contribution in [0.4, 0.5) is 0 Å². The van der Waals surface area contributed by atoms with Gasteiger partial charge in [-0.1, -0.05) is 60.3 Å². The molecule has 1 aliphatic carbocycles. The van der Waals surface area contributed by atoms with Crippen LogP contribution < -0.4 is 0 Å². The molecule has 0 radical (unpaired) electrons.